The molecule has 1 aromatic carbocycles. The number of oxime groups is 1. The van der Waals surface area contributed by atoms with Gasteiger partial charge in [0, 0.05) is 17.8 Å². The molecule has 1 heterocycles. The average Bonchev–Trinajstić information content (AvgIpc) is 2.46. The lowest BCUT2D eigenvalue weighted by Gasteiger charge is -2.36. The Kier molecular flexibility index (Phi) is 4.04. The van der Waals surface area contributed by atoms with Crippen molar-refractivity contribution in [1.29, 1.82) is 0 Å². The predicted molar refractivity (Wildman–Crippen MR) is 71.0 cm³/mol. The molecule has 5 nitrogen and oxygen atoms in total. The van der Waals surface area contributed by atoms with Gasteiger partial charge in [0.05, 0.1) is 12.6 Å². The third kappa shape index (κ3) is 2.56. The first-order valence-corrected chi connectivity index (χ1v) is 6.21. The molecule has 0 aliphatic carbocycles. The molecule has 5 heteroatoms. The number of nitrogens with zero attached hydrogens (tertiary/aromatic N) is 2. The Morgan fingerprint density at radius 1 is 1.33 bits per heavy atom. The monoisotopic (exact) mass is 249 g/mol. The molecule has 4 N–H and O–H groups in total. The van der Waals surface area contributed by atoms with Gasteiger partial charge in [0.1, 0.15) is 0 Å². The van der Waals surface area contributed by atoms with Gasteiger partial charge in [-0.05, 0) is 43.5 Å². The molecule has 18 heavy (non-hydrogen) atoms. The van der Waals surface area contributed by atoms with Gasteiger partial charge < -0.3 is 20.9 Å². The van der Waals surface area contributed by atoms with E-state index >= 15 is 0 Å². The van der Waals surface area contributed by atoms with Gasteiger partial charge in [-0.25, -0.2) is 0 Å². The van der Waals surface area contributed by atoms with Crippen LogP contribution >= 0.6 is 0 Å². The molecule has 0 spiro atoms. The first-order chi connectivity index (χ1) is 8.76. The van der Waals surface area contributed by atoms with Gasteiger partial charge in [-0.15, -0.1) is 0 Å². The van der Waals surface area contributed by atoms with Crippen molar-refractivity contribution in [1.82, 2.24) is 0 Å². The fraction of sp³-hybridized carbons (Fsp3) is 0.462. The highest BCUT2D eigenvalue weighted by molar-refractivity contribution is 5.97. The van der Waals surface area contributed by atoms with Crippen molar-refractivity contribution in [3.63, 3.8) is 0 Å². The summed E-state index contributed by atoms with van der Waals surface area (Å²) in [6.07, 6.45) is 3.35. The zero-order valence-electron chi connectivity index (χ0n) is 10.3. The van der Waals surface area contributed by atoms with Crippen molar-refractivity contribution in [2.45, 2.75) is 25.3 Å². The van der Waals surface area contributed by atoms with Gasteiger partial charge >= 0.3 is 0 Å². The number of aliphatic hydroxyl groups is 1. The molecule has 1 unspecified atom stereocenters. The fourth-order valence-corrected chi connectivity index (χ4v) is 2.41. The van der Waals surface area contributed by atoms with E-state index in [-0.39, 0.29) is 18.5 Å². The van der Waals surface area contributed by atoms with Gasteiger partial charge in [-0.1, -0.05) is 5.16 Å². The number of aliphatic hydroxyl groups excluding tert-OH is 1. The van der Waals surface area contributed by atoms with E-state index in [0.717, 1.165) is 25.1 Å². The summed E-state index contributed by atoms with van der Waals surface area (Å²) in [5.74, 6) is 0.110. The van der Waals surface area contributed by atoms with E-state index in [2.05, 4.69) is 10.1 Å². The molecular weight excluding hydrogens is 230 g/mol. The summed E-state index contributed by atoms with van der Waals surface area (Å²) in [7, 11) is 0. The van der Waals surface area contributed by atoms with Crippen LogP contribution in [0.25, 0.3) is 0 Å². The molecule has 0 aromatic heterocycles. The third-order valence-electron chi connectivity index (χ3n) is 3.44. The van der Waals surface area contributed by atoms with Gasteiger partial charge in [-0.2, -0.15) is 0 Å². The van der Waals surface area contributed by atoms with Crippen molar-refractivity contribution in [3.05, 3.63) is 29.8 Å². The standard InChI is InChI=1S/C13H19N3O2/c14-13(15-18)10-4-6-11(7-5-10)16-8-2-1-3-12(16)9-17/h4-7,12,17-18H,1-3,8-9H2,(H2,14,15). The molecule has 0 saturated carbocycles. The molecule has 98 valence electrons. The van der Waals surface area contributed by atoms with Gasteiger partial charge in [0.25, 0.3) is 0 Å². The van der Waals surface area contributed by atoms with Gasteiger partial charge in [0.15, 0.2) is 5.84 Å². The maximum Gasteiger partial charge on any atom is 0.170 e. The van der Waals surface area contributed by atoms with Crippen molar-refractivity contribution >= 4 is 11.5 Å². The quantitative estimate of drug-likeness (QED) is 0.324. The Morgan fingerprint density at radius 3 is 2.67 bits per heavy atom. The van der Waals surface area contributed by atoms with E-state index in [0.29, 0.717) is 5.56 Å². The number of anilines is 1. The van der Waals surface area contributed by atoms with E-state index in [9.17, 15) is 5.11 Å². The van der Waals surface area contributed by atoms with Crippen molar-refractivity contribution in [3.8, 4) is 0 Å². The van der Waals surface area contributed by atoms with Crippen molar-refractivity contribution < 1.29 is 10.3 Å². The van der Waals surface area contributed by atoms with E-state index in [1.54, 1.807) is 0 Å². The zero-order valence-corrected chi connectivity index (χ0v) is 10.3. The van der Waals surface area contributed by atoms with Crippen LogP contribution in [0.5, 0.6) is 0 Å². The number of nitrogens with two attached hydrogens (primary N) is 1. The van der Waals surface area contributed by atoms with Crippen LogP contribution in [0, 0.1) is 0 Å². The normalized spacial score (nSPS) is 21.1. The highest BCUT2D eigenvalue weighted by Crippen LogP contribution is 2.24. The maximum absolute atomic E-state index is 9.39. The summed E-state index contributed by atoms with van der Waals surface area (Å²) in [6.45, 7) is 1.15. The maximum atomic E-state index is 9.39. The lowest BCUT2D eigenvalue weighted by atomic mass is 10.0. The third-order valence-corrected chi connectivity index (χ3v) is 3.44. The van der Waals surface area contributed by atoms with Crippen LogP contribution in [0.15, 0.2) is 29.4 Å². The topological polar surface area (TPSA) is 82.1 Å². The Labute approximate surface area is 107 Å². The molecule has 1 saturated heterocycles. The van der Waals surface area contributed by atoms with E-state index in [1.165, 1.54) is 6.42 Å². The van der Waals surface area contributed by atoms with E-state index in [1.807, 2.05) is 24.3 Å². The minimum absolute atomic E-state index is 0.110. The second-order valence-electron chi connectivity index (χ2n) is 4.56. The molecule has 1 aliphatic rings. The summed E-state index contributed by atoms with van der Waals surface area (Å²) in [4.78, 5) is 2.22. The Morgan fingerprint density at radius 2 is 2.06 bits per heavy atom. The highest BCUT2D eigenvalue weighted by atomic mass is 16.4. The number of piperidine rings is 1. The van der Waals surface area contributed by atoms with E-state index in [4.69, 9.17) is 10.9 Å². The van der Waals surface area contributed by atoms with Crippen molar-refractivity contribution in [2.24, 2.45) is 10.9 Å². The molecule has 1 aliphatic heterocycles. The highest BCUT2D eigenvalue weighted by Gasteiger charge is 2.21. The summed E-state index contributed by atoms with van der Waals surface area (Å²) in [5.41, 5.74) is 7.29. The van der Waals surface area contributed by atoms with Crippen LogP contribution < -0.4 is 10.6 Å². The molecule has 0 radical (unpaired) electrons. The summed E-state index contributed by atoms with van der Waals surface area (Å²) >= 11 is 0. The van der Waals surface area contributed by atoms with Crippen LogP contribution in [0.2, 0.25) is 0 Å². The van der Waals surface area contributed by atoms with Crippen LogP contribution in [0.3, 0.4) is 0 Å². The van der Waals surface area contributed by atoms with Crippen LogP contribution in [0.4, 0.5) is 5.69 Å². The second kappa shape index (κ2) is 5.73. The predicted octanol–water partition coefficient (Wildman–Crippen LogP) is 1.13. The summed E-state index contributed by atoms with van der Waals surface area (Å²) in [5, 5.41) is 21.0. The summed E-state index contributed by atoms with van der Waals surface area (Å²) < 4.78 is 0. The number of amidine groups is 1. The lowest BCUT2D eigenvalue weighted by molar-refractivity contribution is 0.240. The number of rotatable bonds is 3. The Balaban J connectivity index is 2.17. The van der Waals surface area contributed by atoms with Gasteiger partial charge in [-0.3, -0.25) is 0 Å². The molecule has 0 amide bonds. The molecule has 2 rings (SSSR count). The largest absolute Gasteiger partial charge is 0.409 e. The minimum atomic E-state index is 0.110. The minimum Gasteiger partial charge on any atom is -0.409 e. The van der Waals surface area contributed by atoms with Crippen LogP contribution in [0.1, 0.15) is 24.8 Å². The first-order valence-electron chi connectivity index (χ1n) is 6.21. The smallest absolute Gasteiger partial charge is 0.170 e. The lowest BCUT2D eigenvalue weighted by Crippen LogP contribution is -2.41. The molecular formula is C13H19N3O2. The molecule has 0 bridgehead atoms. The second-order valence-corrected chi connectivity index (χ2v) is 4.56. The molecule has 1 atom stereocenters. The Hall–Kier alpha value is -1.75. The number of hydrogen-bond acceptors (Lipinski definition) is 4. The molecule has 1 fully saturated rings. The number of hydrogen-bond donors (Lipinski definition) is 3. The van der Waals surface area contributed by atoms with Crippen LogP contribution in [-0.4, -0.2) is 35.3 Å². The van der Waals surface area contributed by atoms with Gasteiger partial charge in [0.2, 0.25) is 0 Å². The SMILES string of the molecule is N/C(=N/O)c1ccc(N2CCCCC2CO)cc1. The van der Waals surface area contributed by atoms with E-state index < -0.39 is 0 Å². The average molecular weight is 249 g/mol. The van der Waals surface area contributed by atoms with Crippen LogP contribution in [-0.2, 0) is 0 Å². The zero-order chi connectivity index (χ0) is 13.0. The first kappa shape index (κ1) is 12.7. The number of benzene rings is 1. The fourth-order valence-electron chi connectivity index (χ4n) is 2.41. The Bertz CT molecular complexity index is 417. The summed E-state index contributed by atoms with van der Waals surface area (Å²) in [6, 6.07) is 7.75. The van der Waals surface area contributed by atoms with Crippen molar-refractivity contribution in [2.75, 3.05) is 18.1 Å². The molecule has 1 aromatic rings.